The molecule has 29 heavy (non-hydrogen) atoms. The zero-order chi connectivity index (χ0) is 21.4. The first-order valence-corrected chi connectivity index (χ1v) is 9.51. The number of carbonyl (C=O) groups is 3. The molecule has 1 unspecified atom stereocenters. The fourth-order valence-electron chi connectivity index (χ4n) is 2.35. The van der Waals surface area contributed by atoms with Crippen LogP contribution in [0.4, 0.5) is 5.69 Å². The largest absolute Gasteiger partial charge is 0.481 e. The van der Waals surface area contributed by atoms with Crippen LogP contribution in [0.15, 0.2) is 42.5 Å². The van der Waals surface area contributed by atoms with Crippen molar-refractivity contribution >= 4 is 35.0 Å². The fraction of sp³-hybridized carbons (Fsp3) is 0.286. The SMILES string of the molecule is Cc1ccc(OC(C)C(=O)NNC(=O)CCC(=O)Nc2cccc(Cl)c2C)cc1. The normalized spacial score (nSPS) is 11.3. The molecule has 2 aromatic carbocycles. The van der Waals surface area contributed by atoms with Crippen molar-refractivity contribution in [2.75, 3.05) is 5.32 Å². The van der Waals surface area contributed by atoms with Crippen molar-refractivity contribution in [1.82, 2.24) is 10.9 Å². The number of nitrogens with one attached hydrogen (secondary N) is 3. The first kappa shape index (κ1) is 22.2. The second-order valence-electron chi connectivity index (χ2n) is 6.57. The fourth-order valence-corrected chi connectivity index (χ4v) is 2.53. The van der Waals surface area contributed by atoms with E-state index in [1.807, 2.05) is 19.1 Å². The number of hydrogen-bond donors (Lipinski definition) is 3. The highest BCUT2D eigenvalue weighted by atomic mass is 35.5. The van der Waals surface area contributed by atoms with Crippen LogP contribution in [0, 0.1) is 13.8 Å². The van der Waals surface area contributed by atoms with Crippen LogP contribution in [-0.2, 0) is 14.4 Å². The minimum atomic E-state index is -0.799. The summed E-state index contributed by atoms with van der Waals surface area (Å²) in [6.07, 6.45) is -0.922. The zero-order valence-electron chi connectivity index (χ0n) is 16.5. The standard InChI is InChI=1S/C21H24ClN3O4/c1-13-7-9-16(10-8-13)29-15(3)21(28)25-24-20(27)12-11-19(26)23-18-6-4-5-17(22)14(18)2/h4-10,15H,11-12H2,1-3H3,(H,23,26)(H,24,27)(H,25,28). The Bertz CT molecular complexity index is 884. The van der Waals surface area contributed by atoms with Gasteiger partial charge in [-0.15, -0.1) is 0 Å². The van der Waals surface area contributed by atoms with Gasteiger partial charge >= 0.3 is 0 Å². The van der Waals surface area contributed by atoms with Crippen LogP contribution < -0.4 is 20.9 Å². The number of rotatable bonds is 7. The maximum Gasteiger partial charge on any atom is 0.279 e. The molecule has 8 heteroatoms. The number of anilines is 1. The molecule has 154 valence electrons. The van der Waals surface area contributed by atoms with Gasteiger partial charge in [0.05, 0.1) is 0 Å². The molecular weight excluding hydrogens is 394 g/mol. The summed E-state index contributed by atoms with van der Waals surface area (Å²) in [6.45, 7) is 5.31. The molecular formula is C21H24ClN3O4. The van der Waals surface area contributed by atoms with Crippen LogP contribution in [-0.4, -0.2) is 23.8 Å². The summed E-state index contributed by atoms with van der Waals surface area (Å²) in [4.78, 5) is 35.9. The Kier molecular flexibility index (Phi) is 8.03. The number of amides is 3. The van der Waals surface area contributed by atoms with Crippen molar-refractivity contribution in [2.45, 2.75) is 39.7 Å². The van der Waals surface area contributed by atoms with E-state index in [2.05, 4.69) is 16.2 Å². The van der Waals surface area contributed by atoms with Crippen LogP contribution >= 0.6 is 11.6 Å². The van der Waals surface area contributed by atoms with Crippen LogP contribution in [0.3, 0.4) is 0 Å². The summed E-state index contributed by atoms with van der Waals surface area (Å²) in [5.41, 5.74) is 7.00. The van der Waals surface area contributed by atoms with Crippen molar-refractivity contribution in [3.8, 4) is 5.75 Å². The molecule has 0 saturated heterocycles. The molecule has 0 heterocycles. The minimum Gasteiger partial charge on any atom is -0.481 e. The lowest BCUT2D eigenvalue weighted by Crippen LogP contribution is -2.47. The highest BCUT2D eigenvalue weighted by Gasteiger charge is 2.16. The smallest absolute Gasteiger partial charge is 0.279 e. The van der Waals surface area contributed by atoms with Crippen LogP contribution in [0.1, 0.15) is 30.9 Å². The van der Waals surface area contributed by atoms with Gasteiger partial charge in [-0.05, 0) is 50.6 Å². The highest BCUT2D eigenvalue weighted by Crippen LogP contribution is 2.23. The average Bonchev–Trinajstić information content (AvgIpc) is 2.69. The van der Waals surface area contributed by atoms with Gasteiger partial charge in [-0.25, -0.2) is 0 Å². The van der Waals surface area contributed by atoms with Crippen molar-refractivity contribution < 1.29 is 19.1 Å². The molecule has 0 aliphatic rings. The molecule has 1 atom stereocenters. The maximum absolute atomic E-state index is 12.0. The van der Waals surface area contributed by atoms with Crippen molar-refractivity contribution in [1.29, 1.82) is 0 Å². The second kappa shape index (κ2) is 10.5. The number of aryl methyl sites for hydroxylation is 1. The number of carbonyl (C=O) groups excluding carboxylic acids is 3. The monoisotopic (exact) mass is 417 g/mol. The third-order valence-electron chi connectivity index (χ3n) is 4.15. The molecule has 3 N–H and O–H groups in total. The van der Waals surface area contributed by atoms with Crippen LogP contribution in [0.5, 0.6) is 5.75 Å². The number of hydrazine groups is 1. The Balaban J connectivity index is 1.71. The van der Waals surface area contributed by atoms with Gasteiger partial charge in [-0.1, -0.05) is 35.4 Å². The molecule has 0 radical (unpaired) electrons. The number of halogens is 1. The lowest BCUT2D eigenvalue weighted by molar-refractivity contribution is -0.133. The summed E-state index contributed by atoms with van der Waals surface area (Å²) in [7, 11) is 0. The molecule has 0 fully saturated rings. The van der Waals surface area contributed by atoms with E-state index in [4.69, 9.17) is 16.3 Å². The van der Waals surface area contributed by atoms with E-state index in [9.17, 15) is 14.4 Å². The molecule has 0 spiro atoms. The molecule has 0 aliphatic heterocycles. The molecule has 2 rings (SSSR count). The van der Waals surface area contributed by atoms with Crippen LogP contribution in [0.2, 0.25) is 5.02 Å². The molecule has 0 aliphatic carbocycles. The van der Waals surface area contributed by atoms with Crippen LogP contribution in [0.25, 0.3) is 0 Å². The molecule has 7 nitrogen and oxygen atoms in total. The molecule has 0 saturated carbocycles. The van der Waals surface area contributed by atoms with Gasteiger partial charge in [-0.3, -0.25) is 25.2 Å². The number of hydrogen-bond acceptors (Lipinski definition) is 4. The predicted octanol–water partition coefficient (Wildman–Crippen LogP) is 3.29. The topological polar surface area (TPSA) is 96.5 Å². The summed E-state index contributed by atoms with van der Waals surface area (Å²) in [5, 5.41) is 3.26. The second-order valence-corrected chi connectivity index (χ2v) is 6.98. The molecule has 0 bridgehead atoms. The van der Waals surface area contributed by atoms with E-state index in [-0.39, 0.29) is 18.7 Å². The lowest BCUT2D eigenvalue weighted by Gasteiger charge is -2.15. The highest BCUT2D eigenvalue weighted by molar-refractivity contribution is 6.31. The summed E-state index contributed by atoms with van der Waals surface area (Å²) >= 11 is 6.01. The summed E-state index contributed by atoms with van der Waals surface area (Å²) in [5.74, 6) is -0.762. The Hall–Kier alpha value is -3.06. The Morgan fingerprint density at radius 2 is 1.62 bits per heavy atom. The third kappa shape index (κ3) is 7.12. The quantitative estimate of drug-likeness (QED) is 0.602. The van der Waals surface area contributed by atoms with E-state index < -0.39 is 17.9 Å². The summed E-state index contributed by atoms with van der Waals surface area (Å²) < 4.78 is 5.51. The zero-order valence-corrected chi connectivity index (χ0v) is 17.3. The van der Waals surface area contributed by atoms with Crippen molar-refractivity contribution in [3.05, 3.63) is 58.6 Å². The number of ether oxygens (including phenoxy) is 1. The van der Waals surface area contributed by atoms with E-state index in [1.54, 1.807) is 44.2 Å². The van der Waals surface area contributed by atoms with Gasteiger partial charge in [0.25, 0.3) is 5.91 Å². The van der Waals surface area contributed by atoms with E-state index in [1.165, 1.54) is 0 Å². The van der Waals surface area contributed by atoms with Gasteiger partial charge in [0.2, 0.25) is 11.8 Å². The third-order valence-corrected chi connectivity index (χ3v) is 4.56. The first-order chi connectivity index (χ1) is 13.8. The van der Waals surface area contributed by atoms with Gasteiger partial charge in [0, 0.05) is 23.6 Å². The van der Waals surface area contributed by atoms with Gasteiger partial charge in [0.15, 0.2) is 6.10 Å². The van der Waals surface area contributed by atoms with E-state index >= 15 is 0 Å². The summed E-state index contributed by atoms with van der Waals surface area (Å²) in [6, 6.07) is 12.5. The average molecular weight is 418 g/mol. The molecule has 0 aromatic heterocycles. The van der Waals surface area contributed by atoms with E-state index in [0.717, 1.165) is 11.1 Å². The number of benzene rings is 2. The Labute approximate surface area is 174 Å². The maximum atomic E-state index is 12.0. The molecule has 2 aromatic rings. The lowest BCUT2D eigenvalue weighted by atomic mass is 10.2. The van der Waals surface area contributed by atoms with Crippen molar-refractivity contribution in [3.63, 3.8) is 0 Å². The van der Waals surface area contributed by atoms with Crippen molar-refractivity contribution in [2.24, 2.45) is 0 Å². The van der Waals surface area contributed by atoms with Gasteiger partial charge in [0.1, 0.15) is 5.75 Å². The first-order valence-electron chi connectivity index (χ1n) is 9.13. The minimum absolute atomic E-state index is 0.0386. The van der Waals surface area contributed by atoms with Gasteiger partial charge in [-0.2, -0.15) is 0 Å². The van der Waals surface area contributed by atoms with E-state index in [0.29, 0.717) is 16.5 Å². The Morgan fingerprint density at radius 3 is 2.31 bits per heavy atom. The predicted molar refractivity (Wildman–Crippen MR) is 112 cm³/mol. The molecule has 3 amide bonds. The Morgan fingerprint density at radius 1 is 0.966 bits per heavy atom. The van der Waals surface area contributed by atoms with Gasteiger partial charge < -0.3 is 10.1 Å².